The number of hydrogen-bond donors (Lipinski definition) is 0. The Morgan fingerprint density at radius 1 is 1.26 bits per heavy atom. The highest BCUT2D eigenvalue weighted by atomic mass is 19.1. The molecule has 1 aliphatic heterocycles. The van der Waals surface area contributed by atoms with Gasteiger partial charge in [-0.1, -0.05) is 6.07 Å². The maximum atomic E-state index is 13.4. The van der Waals surface area contributed by atoms with E-state index in [1.165, 1.54) is 12.1 Å². The molecule has 0 saturated carbocycles. The second kappa shape index (κ2) is 6.40. The van der Waals surface area contributed by atoms with Gasteiger partial charge in [-0.05, 0) is 49.6 Å². The minimum absolute atomic E-state index is 0.0756. The molecule has 0 atom stereocenters. The minimum atomic E-state index is -0.376. The molecular weight excluding hydrogens is 297 g/mol. The monoisotopic (exact) mass is 317 g/mol. The minimum Gasteiger partial charge on any atom is -0.445 e. The molecule has 0 N–H and O–H groups in total. The van der Waals surface area contributed by atoms with Gasteiger partial charge in [0.25, 0.3) is 0 Å². The van der Waals surface area contributed by atoms with E-state index in [0.29, 0.717) is 18.7 Å². The number of nitrogens with zero attached hydrogens (tertiary/aromatic N) is 3. The molecule has 0 unspecified atom stereocenters. The van der Waals surface area contributed by atoms with E-state index in [9.17, 15) is 9.18 Å². The molecule has 1 aliphatic rings. The van der Waals surface area contributed by atoms with Crippen LogP contribution in [0.3, 0.4) is 0 Å². The first kappa shape index (κ1) is 15.5. The highest BCUT2D eigenvalue weighted by Crippen LogP contribution is 2.15. The molecule has 3 rings (SSSR count). The van der Waals surface area contributed by atoms with Crippen molar-refractivity contribution in [1.82, 2.24) is 14.7 Å². The van der Waals surface area contributed by atoms with Gasteiger partial charge in [0, 0.05) is 13.1 Å². The fourth-order valence-corrected chi connectivity index (χ4v) is 2.89. The van der Waals surface area contributed by atoms with Crippen LogP contribution < -0.4 is 0 Å². The molecule has 1 amide bonds. The van der Waals surface area contributed by atoms with Crippen LogP contribution in [-0.2, 0) is 24.4 Å². The summed E-state index contributed by atoms with van der Waals surface area (Å²) in [5, 5.41) is 4.41. The molecule has 0 spiro atoms. The number of ether oxygens (including phenoxy) is 1. The van der Waals surface area contributed by atoms with Crippen molar-refractivity contribution in [3.63, 3.8) is 0 Å². The molecule has 2 aromatic rings. The van der Waals surface area contributed by atoms with Gasteiger partial charge in [-0.2, -0.15) is 5.10 Å². The van der Waals surface area contributed by atoms with Gasteiger partial charge < -0.3 is 9.64 Å². The van der Waals surface area contributed by atoms with E-state index in [0.717, 1.165) is 29.9 Å². The van der Waals surface area contributed by atoms with Gasteiger partial charge >= 0.3 is 6.09 Å². The van der Waals surface area contributed by atoms with Crippen LogP contribution >= 0.6 is 0 Å². The van der Waals surface area contributed by atoms with Gasteiger partial charge in [-0.15, -0.1) is 0 Å². The molecule has 0 bridgehead atoms. The molecule has 122 valence electrons. The van der Waals surface area contributed by atoms with Crippen LogP contribution in [0.2, 0.25) is 0 Å². The second-order valence-electron chi connectivity index (χ2n) is 5.97. The Balaban J connectivity index is 1.64. The van der Waals surface area contributed by atoms with E-state index >= 15 is 0 Å². The largest absolute Gasteiger partial charge is 0.445 e. The Labute approximate surface area is 134 Å². The second-order valence-corrected chi connectivity index (χ2v) is 5.97. The fraction of sp³-hybridized carbons (Fsp3) is 0.412. The Bertz CT molecular complexity index is 706. The summed E-state index contributed by atoms with van der Waals surface area (Å²) in [4.78, 5) is 14.0. The average Bonchev–Trinajstić information content (AvgIpc) is 2.70. The van der Waals surface area contributed by atoms with Crippen LogP contribution in [0.15, 0.2) is 24.3 Å². The number of aryl methyl sites for hydroxylation is 3. The van der Waals surface area contributed by atoms with Crippen LogP contribution in [0.25, 0.3) is 0 Å². The summed E-state index contributed by atoms with van der Waals surface area (Å²) in [5.41, 5.74) is 3.43. The van der Waals surface area contributed by atoms with Crippen molar-refractivity contribution < 1.29 is 13.9 Å². The summed E-state index contributed by atoms with van der Waals surface area (Å²) in [6.07, 6.45) is 0.460. The molecule has 0 aliphatic carbocycles. The molecule has 6 heteroatoms. The van der Waals surface area contributed by atoms with Crippen molar-refractivity contribution in [2.24, 2.45) is 0 Å². The summed E-state index contributed by atoms with van der Waals surface area (Å²) in [6, 6.07) is 6.64. The third-order valence-corrected chi connectivity index (χ3v) is 3.86. The number of benzene rings is 1. The highest BCUT2D eigenvalue weighted by Gasteiger charge is 2.21. The third-order valence-electron chi connectivity index (χ3n) is 3.86. The first-order valence-corrected chi connectivity index (χ1v) is 7.72. The molecule has 1 aromatic heterocycles. The molecule has 1 aromatic carbocycles. The normalized spacial score (nSPS) is 14.3. The Kier molecular flexibility index (Phi) is 4.32. The predicted molar refractivity (Wildman–Crippen MR) is 83.3 cm³/mol. The first-order valence-electron chi connectivity index (χ1n) is 7.72. The number of amides is 1. The topological polar surface area (TPSA) is 47.4 Å². The van der Waals surface area contributed by atoms with Crippen molar-refractivity contribution in [3.05, 3.63) is 52.6 Å². The van der Waals surface area contributed by atoms with Gasteiger partial charge in [-0.3, -0.25) is 4.68 Å². The van der Waals surface area contributed by atoms with Crippen LogP contribution in [0.5, 0.6) is 0 Å². The maximum Gasteiger partial charge on any atom is 0.410 e. The summed E-state index contributed by atoms with van der Waals surface area (Å²) < 4.78 is 20.7. The lowest BCUT2D eigenvalue weighted by molar-refractivity contribution is 0.0941. The van der Waals surface area contributed by atoms with Gasteiger partial charge in [0.15, 0.2) is 0 Å². The zero-order valence-electron chi connectivity index (χ0n) is 13.4. The summed E-state index contributed by atoms with van der Waals surface area (Å²) >= 11 is 0. The van der Waals surface area contributed by atoms with Crippen LogP contribution in [0.4, 0.5) is 9.18 Å². The van der Waals surface area contributed by atoms with Gasteiger partial charge in [-0.25, -0.2) is 9.18 Å². The van der Waals surface area contributed by atoms with Crippen molar-refractivity contribution >= 4 is 6.09 Å². The number of rotatable bonds is 2. The van der Waals surface area contributed by atoms with Crippen molar-refractivity contribution in [3.8, 4) is 0 Å². The Morgan fingerprint density at radius 2 is 2.09 bits per heavy atom. The van der Waals surface area contributed by atoms with Crippen molar-refractivity contribution in [2.45, 2.75) is 40.0 Å². The molecule has 0 saturated heterocycles. The number of carbonyl (C=O) groups is 1. The third kappa shape index (κ3) is 3.70. The Morgan fingerprint density at radius 3 is 2.87 bits per heavy atom. The molecule has 0 radical (unpaired) electrons. The van der Waals surface area contributed by atoms with E-state index in [2.05, 4.69) is 5.10 Å². The number of aromatic nitrogens is 2. The smallest absolute Gasteiger partial charge is 0.410 e. The zero-order chi connectivity index (χ0) is 16.4. The molecule has 5 nitrogen and oxygen atoms in total. The SMILES string of the molecule is Cc1cc(F)cc(COC(=O)N2CCCn3nc(C)cc3C2)c1. The van der Waals surface area contributed by atoms with Gasteiger partial charge in [0.05, 0.1) is 17.9 Å². The molecule has 0 fully saturated rings. The van der Waals surface area contributed by atoms with Crippen LogP contribution in [0.1, 0.15) is 28.9 Å². The predicted octanol–water partition coefficient (Wildman–Crippen LogP) is 3.18. The summed E-state index contributed by atoms with van der Waals surface area (Å²) in [6.45, 7) is 5.75. The number of fused-ring (bicyclic) bond motifs is 1. The summed E-state index contributed by atoms with van der Waals surface area (Å²) in [7, 11) is 0. The van der Waals surface area contributed by atoms with E-state index in [1.54, 1.807) is 4.90 Å². The van der Waals surface area contributed by atoms with Crippen molar-refractivity contribution in [1.29, 1.82) is 0 Å². The zero-order valence-corrected chi connectivity index (χ0v) is 13.4. The van der Waals surface area contributed by atoms with Crippen LogP contribution in [0, 0.1) is 19.7 Å². The first-order chi connectivity index (χ1) is 11.0. The Hall–Kier alpha value is -2.37. The van der Waals surface area contributed by atoms with Gasteiger partial charge in [0.1, 0.15) is 12.4 Å². The van der Waals surface area contributed by atoms with Gasteiger partial charge in [0.2, 0.25) is 0 Å². The van der Waals surface area contributed by atoms with E-state index < -0.39 is 0 Å². The molecule has 23 heavy (non-hydrogen) atoms. The van der Waals surface area contributed by atoms with E-state index in [4.69, 9.17) is 4.74 Å². The lowest BCUT2D eigenvalue weighted by atomic mass is 10.1. The highest BCUT2D eigenvalue weighted by molar-refractivity contribution is 5.67. The summed E-state index contributed by atoms with van der Waals surface area (Å²) in [5.74, 6) is -0.315. The average molecular weight is 317 g/mol. The molecular formula is C17H20FN3O2. The number of carbonyl (C=O) groups excluding carboxylic acids is 1. The van der Waals surface area contributed by atoms with E-state index in [1.807, 2.05) is 30.7 Å². The van der Waals surface area contributed by atoms with E-state index in [-0.39, 0.29) is 18.5 Å². The fourth-order valence-electron chi connectivity index (χ4n) is 2.89. The van der Waals surface area contributed by atoms with Crippen molar-refractivity contribution in [2.75, 3.05) is 6.54 Å². The maximum absolute atomic E-state index is 13.4. The molecule has 2 heterocycles. The lowest BCUT2D eigenvalue weighted by Gasteiger charge is -2.19. The quantitative estimate of drug-likeness (QED) is 0.854. The number of halogens is 1. The number of hydrogen-bond acceptors (Lipinski definition) is 3. The lowest BCUT2D eigenvalue weighted by Crippen LogP contribution is -2.31. The van der Waals surface area contributed by atoms with Crippen LogP contribution in [-0.4, -0.2) is 27.3 Å². The standard InChI is InChI=1S/C17H20FN3O2/c1-12-6-14(9-15(18)7-12)11-23-17(22)20-4-3-5-21-16(10-20)8-13(2)19-21/h6-9H,3-5,10-11H2,1-2H3.